The van der Waals surface area contributed by atoms with Gasteiger partial charge in [0.1, 0.15) is 5.75 Å². The number of rotatable bonds is 6. The fourth-order valence-corrected chi connectivity index (χ4v) is 1.55. The zero-order valence-electron chi connectivity index (χ0n) is 12.4. The van der Waals surface area contributed by atoms with Crippen molar-refractivity contribution in [1.82, 2.24) is 10.1 Å². The van der Waals surface area contributed by atoms with Crippen molar-refractivity contribution in [2.45, 2.75) is 20.5 Å². The van der Waals surface area contributed by atoms with Crippen molar-refractivity contribution in [2.75, 3.05) is 11.9 Å². The van der Waals surface area contributed by atoms with Crippen LogP contribution in [0.25, 0.3) is 0 Å². The predicted molar refractivity (Wildman–Crippen MR) is 83.9 cm³/mol. The van der Waals surface area contributed by atoms with Crippen LogP contribution in [-0.4, -0.2) is 22.6 Å². The number of amides is 1. The van der Waals surface area contributed by atoms with Gasteiger partial charge in [-0.3, -0.25) is 4.79 Å². The van der Waals surface area contributed by atoms with Crippen molar-refractivity contribution in [3.63, 3.8) is 0 Å². The van der Waals surface area contributed by atoms with E-state index in [-0.39, 0.29) is 30.8 Å². The average molecular weight is 327 g/mol. The van der Waals surface area contributed by atoms with Crippen LogP contribution in [0.15, 0.2) is 28.8 Å². The van der Waals surface area contributed by atoms with Crippen LogP contribution < -0.4 is 15.8 Å². The van der Waals surface area contributed by atoms with Crippen LogP contribution in [0.4, 0.5) is 5.69 Å². The van der Waals surface area contributed by atoms with Crippen LogP contribution in [0.3, 0.4) is 0 Å². The summed E-state index contributed by atoms with van der Waals surface area (Å²) in [5.74, 6) is 1.31. The molecule has 7 nitrogen and oxygen atoms in total. The van der Waals surface area contributed by atoms with Crippen LogP contribution >= 0.6 is 12.4 Å². The van der Waals surface area contributed by atoms with Gasteiger partial charge >= 0.3 is 0 Å². The smallest absolute Gasteiger partial charge is 0.264 e. The number of aryl methyl sites for hydroxylation is 1. The highest BCUT2D eigenvalue weighted by atomic mass is 35.5. The van der Waals surface area contributed by atoms with Crippen molar-refractivity contribution >= 4 is 24.0 Å². The van der Waals surface area contributed by atoms with Crippen LogP contribution in [0.1, 0.15) is 18.6 Å². The quantitative estimate of drug-likeness (QED) is 0.840. The number of hydrogen-bond acceptors (Lipinski definition) is 6. The molecule has 3 N–H and O–H groups in total. The van der Waals surface area contributed by atoms with Gasteiger partial charge in [0.25, 0.3) is 5.89 Å². The van der Waals surface area contributed by atoms with E-state index >= 15 is 0 Å². The van der Waals surface area contributed by atoms with Crippen LogP contribution in [0.2, 0.25) is 0 Å². The van der Waals surface area contributed by atoms with Gasteiger partial charge in [-0.05, 0) is 31.2 Å². The summed E-state index contributed by atoms with van der Waals surface area (Å²) >= 11 is 0. The summed E-state index contributed by atoms with van der Waals surface area (Å²) < 4.78 is 10.5. The summed E-state index contributed by atoms with van der Waals surface area (Å²) in [4.78, 5) is 15.7. The van der Waals surface area contributed by atoms with E-state index < -0.39 is 0 Å². The lowest BCUT2D eigenvalue weighted by molar-refractivity contribution is -0.119. The molecule has 1 amide bonds. The number of benzene rings is 1. The van der Waals surface area contributed by atoms with Crippen LogP contribution in [0.5, 0.6) is 5.75 Å². The maximum atomic E-state index is 11.7. The highest BCUT2D eigenvalue weighted by Gasteiger charge is 2.10. The lowest BCUT2D eigenvalue weighted by Gasteiger charge is -2.10. The Labute approximate surface area is 134 Å². The molecular weight excluding hydrogens is 308 g/mol. The Morgan fingerprint density at radius 2 is 2.09 bits per heavy atom. The third kappa shape index (κ3) is 5.01. The molecule has 0 radical (unpaired) electrons. The van der Waals surface area contributed by atoms with Crippen molar-refractivity contribution < 1.29 is 14.1 Å². The molecule has 1 atom stereocenters. The molecule has 8 heteroatoms. The van der Waals surface area contributed by atoms with Crippen molar-refractivity contribution in [3.05, 3.63) is 36.0 Å². The highest BCUT2D eigenvalue weighted by molar-refractivity contribution is 5.92. The number of nitrogens with zero attached hydrogens (tertiary/aromatic N) is 2. The average Bonchev–Trinajstić information content (AvgIpc) is 2.91. The second kappa shape index (κ2) is 8.35. The highest BCUT2D eigenvalue weighted by Crippen LogP contribution is 2.17. The molecule has 0 spiro atoms. The van der Waals surface area contributed by atoms with E-state index in [1.807, 2.05) is 0 Å². The number of nitrogens with two attached hydrogens (primary N) is 1. The third-order valence-corrected chi connectivity index (χ3v) is 2.85. The lowest BCUT2D eigenvalue weighted by Crippen LogP contribution is -2.26. The molecule has 0 fully saturated rings. The van der Waals surface area contributed by atoms with Gasteiger partial charge in [0.05, 0.1) is 0 Å². The molecule has 120 valence electrons. The van der Waals surface area contributed by atoms with E-state index in [2.05, 4.69) is 15.5 Å². The minimum Gasteiger partial charge on any atom is -0.484 e. The Bertz CT molecular complexity index is 600. The minimum absolute atomic E-state index is 0. The first-order valence-electron chi connectivity index (χ1n) is 6.61. The van der Waals surface area contributed by atoms with Gasteiger partial charge in [0.15, 0.2) is 12.4 Å². The number of carbonyl (C=O) groups is 1. The molecule has 0 aliphatic carbocycles. The van der Waals surface area contributed by atoms with E-state index in [0.717, 1.165) is 0 Å². The number of ether oxygens (including phenoxy) is 1. The molecule has 1 heterocycles. The van der Waals surface area contributed by atoms with Gasteiger partial charge in [-0.25, -0.2) is 0 Å². The van der Waals surface area contributed by atoms with Crippen molar-refractivity contribution in [3.8, 4) is 5.75 Å². The number of anilines is 1. The van der Waals surface area contributed by atoms with Gasteiger partial charge in [0.2, 0.25) is 5.91 Å². The Morgan fingerprint density at radius 1 is 1.41 bits per heavy atom. The van der Waals surface area contributed by atoms with Gasteiger partial charge < -0.3 is 20.3 Å². The second-order valence-electron chi connectivity index (χ2n) is 4.67. The summed E-state index contributed by atoms with van der Waals surface area (Å²) in [6.45, 7) is 4.04. The third-order valence-electron chi connectivity index (χ3n) is 2.85. The van der Waals surface area contributed by atoms with Gasteiger partial charge in [-0.15, -0.1) is 12.4 Å². The van der Waals surface area contributed by atoms with Crippen LogP contribution in [0, 0.1) is 12.8 Å². The monoisotopic (exact) mass is 326 g/mol. The molecule has 0 saturated heterocycles. The maximum Gasteiger partial charge on any atom is 0.264 e. The zero-order valence-corrected chi connectivity index (χ0v) is 13.2. The van der Waals surface area contributed by atoms with E-state index in [0.29, 0.717) is 29.7 Å². The minimum atomic E-state index is -0.221. The number of hydrogen-bond donors (Lipinski definition) is 2. The molecule has 1 aromatic heterocycles. The molecule has 1 unspecified atom stereocenters. The standard InChI is InChI=1S/C14H18N4O3.ClH/c1-9(7-15)14(19)17-11-3-5-12(6-4-11)20-8-13-16-10(2)18-21-13;/h3-6,9H,7-8,15H2,1-2H3,(H,17,19);1H. The molecule has 1 aromatic carbocycles. The first-order chi connectivity index (χ1) is 10.1. The van der Waals surface area contributed by atoms with Gasteiger partial charge in [-0.2, -0.15) is 4.98 Å². The molecule has 0 aliphatic heterocycles. The molecule has 2 rings (SSSR count). The second-order valence-corrected chi connectivity index (χ2v) is 4.67. The molecule has 0 aliphatic rings. The predicted octanol–water partition coefficient (Wildman–Crippen LogP) is 1.91. The van der Waals surface area contributed by atoms with E-state index in [4.69, 9.17) is 15.0 Å². The molecule has 2 aromatic rings. The number of carbonyl (C=O) groups excluding carboxylic acids is 1. The fraction of sp³-hybridized carbons (Fsp3) is 0.357. The fourth-order valence-electron chi connectivity index (χ4n) is 1.55. The lowest BCUT2D eigenvalue weighted by atomic mass is 10.1. The Morgan fingerprint density at radius 3 is 2.64 bits per heavy atom. The zero-order chi connectivity index (χ0) is 15.2. The van der Waals surface area contributed by atoms with Crippen molar-refractivity contribution in [2.24, 2.45) is 11.7 Å². The summed E-state index contributed by atoms with van der Waals surface area (Å²) in [5.41, 5.74) is 6.14. The molecule has 0 bridgehead atoms. The number of nitrogens with one attached hydrogen (secondary N) is 1. The normalized spacial score (nSPS) is 11.4. The first-order valence-corrected chi connectivity index (χ1v) is 6.61. The molecule has 0 saturated carbocycles. The van der Waals surface area contributed by atoms with Gasteiger partial charge in [-0.1, -0.05) is 12.1 Å². The van der Waals surface area contributed by atoms with E-state index in [1.54, 1.807) is 38.1 Å². The summed E-state index contributed by atoms with van der Waals surface area (Å²) in [7, 11) is 0. The topological polar surface area (TPSA) is 103 Å². The molecular formula is C14H19ClN4O3. The summed E-state index contributed by atoms with van der Waals surface area (Å²) in [5, 5.41) is 6.46. The number of halogens is 1. The summed E-state index contributed by atoms with van der Waals surface area (Å²) in [6, 6.07) is 7.03. The van der Waals surface area contributed by atoms with Crippen LogP contribution in [-0.2, 0) is 11.4 Å². The Balaban J connectivity index is 0.00000242. The largest absolute Gasteiger partial charge is 0.484 e. The van der Waals surface area contributed by atoms with E-state index in [1.165, 1.54) is 0 Å². The Hall–Kier alpha value is -2.12. The summed E-state index contributed by atoms with van der Waals surface area (Å²) in [6.07, 6.45) is 0. The Kier molecular flexibility index (Phi) is 6.81. The number of aromatic nitrogens is 2. The first kappa shape index (κ1) is 17.9. The maximum absolute atomic E-state index is 11.7. The van der Waals surface area contributed by atoms with E-state index in [9.17, 15) is 4.79 Å². The van der Waals surface area contributed by atoms with Gasteiger partial charge in [0, 0.05) is 18.2 Å². The molecule has 22 heavy (non-hydrogen) atoms. The SMILES string of the molecule is Cc1noc(COc2ccc(NC(=O)C(C)CN)cc2)n1.Cl. The van der Waals surface area contributed by atoms with Crippen molar-refractivity contribution in [1.29, 1.82) is 0 Å².